The number of carboxylic acids is 1. The van der Waals surface area contributed by atoms with Crippen LogP contribution in [0.25, 0.3) is 0 Å². The van der Waals surface area contributed by atoms with E-state index in [1.807, 2.05) is 19.1 Å². The summed E-state index contributed by atoms with van der Waals surface area (Å²) in [5.41, 5.74) is 0.820. The zero-order valence-electron chi connectivity index (χ0n) is 9.16. The summed E-state index contributed by atoms with van der Waals surface area (Å²) >= 11 is 3.26. The van der Waals surface area contributed by atoms with Gasteiger partial charge < -0.3 is 12.0 Å². The molecule has 0 unspecified atom stereocenters. The average molecular weight is 265 g/mol. The molecule has 0 heterocycles. The van der Waals surface area contributed by atoms with Gasteiger partial charge in [0.05, 0.1) is 6.42 Å². The Labute approximate surface area is 111 Å². The molecule has 0 aromatic heterocycles. The van der Waals surface area contributed by atoms with Gasteiger partial charge in [-0.3, -0.25) is 4.79 Å². The summed E-state index contributed by atoms with van der Waals surface area (Å²) in [6.07, 6.45) is 1.09. The van der Waals surface area contributed by atoms with E-state index in [-0.39, 0.29) is 25.3 Å². The van der Waals surface area contributed by atoms with Gasteiger partial charge in [-0.25, -0.2) is 0 Å². The van der Waals surface area contributed by atoms with Gasteiger partial charge >= 0.3 is 24.8 Å². The summed E-state index contributed by atoms with van der Waals surface area (Å²) in [6, 6.07) is 7.24. The number of rotatable bonds is 2. The van der Waals surface area contributed by atoms with Crippen molar-refractivity contribution in [1.29, 1.82) is 0 Å². The molecular weight excluding hydrogens is 251 g/mol. The predicted octanol–water partition coefficient (Wildman–Crippen LogP) is 0.311. The molecule has 4 heteroatoms. The van der Waals surface area contributed by atoms with E-state index in [1.54, 1.807) is 12.1 Å². The molecule has 0 bridgehead atoms. The van der Waals surface area contributed by atoms with Gasteiger partial charge in [-0.2, -0.15) is 6.42 Å². The van der Waals surface area contributed by atoms with Crippen LogP contribution in [-0.4, -0.2) is 11.1 Å². The molecule has 1 aromatic rings. The second-order valence-corrected chi connectivity index (χ2v) is 3.61. The van der Waals surface area contributed by atoms with Crippen molar-refractivity contribution in [2.24, 2.45) is 0 Å². The quantitative estimate of drug-likeness (QED) is 0.617. The first-order valence-corrected chi connectivity index (χ1v) is 5.15. The van der Waals surface area contributed by atoms with Crippen LogP contribution in [0.5, 0.6) is 0 Å². The molecule has 0 saturated heterocycles. The van der Waals surface area contributed by atoms with Crippen LogP contribution < -0.4 is 18.9 Å². The van der Waals surface area contributed by atoms with E-state index in [9.17, 15) is 4.79 Å². The van der Waals surface area contributed by atoms with Crippen LogP contribution in [0.2, 0.25) is 0 Å². The maximum Gasteiger partial charge on any atom is 1.00 e. The van der Waals surface area contributed by atoms with Gasteiger partial charge in [-0.1, -0.05) is 35.0 Å². The first kappa shape index (κ1) is 17.2. The molecule has 0 saturated carbocycles. The maximum absolute atomic E-state index is 10.2. The largest absolute Gasteiger partial charge is 1.00 e. The van der Waals surface area contributed by atoms with Crippen molar-refractivity contribution in [3.05, 3.63) is 41.2 Å². The van der Waals surface area contributed by atoms with Crippen LogP contribution in [-0.2, 0) is 11.2 Å². The molecule has 0 aliphatic carbocycles. The summed E-state index contributed by atoms with van der Waals surface area (Å²) in [5.74, 6) is -0.799. The van der Waals surface area contributed by atoms with Crippen molar-refractivity contribution in [3.8, 4) is 0 Å². The van der Waals surface area contributed by atoms with E-state index >= 15 is 0 Å². The fraction of sp³-hybridized carbons (Fsp3) is 0.273. The van der Waals surface area contributed by atoms with Gasteiger partial charge in [0.25, 0.3) is 0 Å². The van der Waals surface area contributed by atoms with Crippen molar-refractivity contribution >= 4 is 21.9 Å². The smallest absolute Gasteiger partial charge is 0.481 e. The van der Waals surface area contributed by atoms with Crippen LogP contribution in [0.4, 0.5) is 0 Å². The fourth-order valence-electron chi connectivity index (χ4n) is 0.777. The number of carbonyl (C=O) groups is 1. The zero-order chi connectivity index (χ0) is 11.0. The molecule has 0 amide bonds. The zero-order valence-corrected chi connectivity index (χ0v) is 10.8. The Morgan fingerprint density at radius 2 is 1.80 bits per heavy atom. The number of aliphatic carboxylic acids is 1. The number of carboxylic acid groups (broad SMARTS) is 1. The summed E-state index contributed by atoms with van der Waals surface area (Å²) < 4.78 is 0.964. The minimum atomic E-state index is -0.799. The van der Waals surface area contributed by atoms with Gasteiger partial charge in [-0.15, -0.1) is 0 Å². The van der Waals surface area contributed by atoms with Crippen LogP contribution in [0.1, 0.15) is 18.9 Å². The Balaban J connectivity index is 0. The number of halogens is 1. The van der Waals surface area contributed by atoms with Crippen molar-refractivity contribution in [3.63, 3.8) is 0 Å². The molecule has 15 heavy (non-hydrogen) atoms. The molecule has 1 rings (SSSR count). The van der Waals surface area contributed by atoms with Crippen molar-refractivity contribution in [1.82, 2.24) is 0 Å². The van der Waals surface area contributed by atoms with Gasteiger partial charge in [-0.05, 0) is 17.7 Å². The number of benzene rings is 1. The van der Waals surface area contributed by atoms with E-state index in [2.05, 4.69) is 22.9 Å². The minimum Gasteiger partial charge on any atom is -0.481 e. The SMILES string of the molecule is O=C(O)Cc1ccc(Br)cc1.[CH2-]CC.[Li+]. The third-order valence-electron chi connectivity index (χ3n) is 1.27. The standard InChI is InChI=1S/C8H7BrO2.C3H7.Li/c9-7-3-1-6(2-4-7)5-8(10)11;1-3-2;/h1-4H,5H2,(H,10,11);1,3H2,2H3;/q;-1;+1. The summed E-state index contributed by atoms with van der Waals surface area (Å²) in [7, 11) is 0. The minimum absolute atomic E-state index is 0. The Kier molecular flexibility index (Phi) is 11.8. The summed E-state index contributed by atoms with van der Waals surface area (Å²) in [5, 5.41) is 8.42. The topological polar surface area (TPSA) is 37.3 Å². The Bertz CT molecular complexity index is 272. The van der Waals surface area contributed by atoms with E-state index in [0.717, 1.165) is 16.5 Å². The molecule has 0 radical (unpaired) electrons. The van der Waals surface area contributed by atoms with Gasteiger partial charge in [0, 0.05) is 4.47 Å². The van der Waals surface area contributed by atoms with E-state index < -0.39 is 5.97 Å². The monoisotopic (exact) mass is 264 g/mol. The average Bonchev–Trinajstić information content (AvgIpc) is 2.09. The van der Waals surface area contributed by atoms with Gasteiger partial charge in [0.15, 0.2) is 0 Å². The van der Waals surface area contributed by atoms with Gasteiger partial charge in [0.2, 0.25) is 0 Å². The molecule has 78 valence electrons. The molecule has 0 atom stereocenters. The van der Waals surface area contributed by atoms with Crippen molar-refractivity contribution in [2.75, 3.05) is 0 Å². The molecule has 0 spiro atoms. The predicted molar refractivity (Wildman–Crippen MR) is 61.1 cm³/mol. The van der Waals surface area contributed by atoms with Crippen LogP contribution >= 0.6 is 15.9 Å². The van der Waals surface area contributed by atoms with Crippen molar-refractivity contribution < 1.29 is 28.8 Å². The second kappa shape index (κ2) is 10.3. The molecule has 0 aliphatic heterocycles. The summed E-state index contributed by atoms with van der Waals surface area (Å²) in [4.78, 5) is 10.2. The third-order valence-corrected chi connectivity index (χ3v) is 1.80. The van der Waals surface area contributed by atoms with Crippen molar-refractivity contribution in [2.45, 2.75) is 19.8 Å². The Morgan fingerprint density at radius 1 is 1.40 bits per heavy atom. The van der Waals surface area contributed by atoms with Gasteiger partial charge in [0.1, 0.15) is 0 Å². The van der Waals surface area contributed by atoms with Crippen LogP contribution in [0, 0.1) is 6.92 Å². The second-order valence-electron chi connectivity index (χ2n) is 2.70. The third kappa shape index (κ3) is 10.1. The molecule has 2 nitrogen and oxygen atoms in total. The molecule has 0 fully saturated rings. The van der Waals surface area contributed by atoms with E-state index in [0.29, 0.717) is 0 Å². The Morgan fingerprint density at radius 3 is 2.13 bits per heavy atom. The van der Waals surface area contributed by atoms with Crippen LogP contribution in [0.3, 0.4) is 0 Å². The first-order valence-electron chi connectivity index (χ1n) is 4.35. The summed E-state index contributed by atoms with van der Waals surface area (Å²) in [6.45, 7) is 5.50. The molecule has 0 aliphatic rings. The fourth-order valence-corrected chi connectivity index (χ4v) is 1.04. The van der Waals surface area contributed by atoms with E-state index in [4.69, 9.17) is 5.11 Å². The maximum atomic E-state index is 10.2. The van der Waals surface area contributed by atoms with E-state index in [1.165, 1.54) is 0 Å². The normalized spacial score (nSPS) is 8.20. The molecule has 1 N–H and O–H groups in total. The number of hydrogen-bond donors (Lipinski definition) is 1. The Hall–Kier alpha value is -0.233. The first-order chi connectivity index (χ1) is 6.60. The molecular formula is C11H14BrLiO2. The number of hydrogen-bond acceptors (Lipinski definition) is 1. The molecule has 1 aromatic carbocycles. The van der Waals surface area contributed by atoms with Crippen LogP contribution in [0.15, 0.2) is 28.7 Å².